The predicted octanol–water partition coefficient (Wildman–Crippen LogP) is 4.05. The molecule has 0 saturated carbocycles. The minimum atomic E-state index is -0.246. The third-order valence-corrected chi connectivity index (χ3v) is 5.89. The summed E-state index contributed by atoms with van der Waals surface area (Å²) in [5.41, 5.74) is 7.70. The van der Waals surface area contributed by atoms with Gasteiger partial charge in [-0.3, -0.25) is 9.78 Å². The van der Waals surface area contributed by atoms with E-state index in [1.807, 2.05) is 35.0 Å². The molecule has 5 rings (SSSR count). The average molecular weight is 467 g/mol. The highest BCUT2D eigenvalue weighted by molar-refractivity contribution is 5.79. The number of benzene rings is 2. The molecule has 3 heterocycles. The Labute approximate surface area is 203 Å². The summed E-state index contributed by atoms with van der Waals surface area (Å²) in [6, 6.07) is 20.3. The van der Waals surface area contributed by atoms with Gasteiger partial charge < -0.3 is 10.1 Å². The molecule has 0 radical (unpaired) electrons. The normalized spacial score (nSPS) is 11.3. The number of rotatable bonds is 8. The summed E-state index contributed by atoms with van der Waals surface area (Å²) in [4.78, 5) is 20.8. The molecule has 1 N–H and O–H groups in total. The molecule has 2 aromatic carbocycles. The Balaban J connectivity index is 1.36. The molecule has 0 aliphatic rings. The summed E-state index contributed by atoms with van der Waals surface area (Å²) < 4.78 is 6.79. The maximum absolute atomic E-state index is 11.5. The molecule has 5 aromatic rings. The fraction of sp³-hybridized carbons (Fsp3) is 0.222. The molecule has 0 unspecified atom stereocenters. The summed E-state index contributed by atoms with van der Waals surface area (Å²) in [6.45, 7) is 5.61. The van der Waals surface area contributed by atoms with Gasteiger partial charge in [0.25, 0.3) is 0 Å². The van der Waals surface area contributed by atoms with Gasteiger partial charge in [-0.2, -0.15) is 0 Å². The Hall–Kier alpha value is -4.17. The van der Waals surface area contributed by atoms with E-state index < -0.39 is 0 Å². The molecule has 0 bridgehead atoms. The van der Waals surface area contributed by atoms with Crippen molar-refractivity contribution in [1.82, 2.24) is 30.3 Å². The van der Waals surface area contributed by atoms with Crippen LogP contribution in [0.2, 0.25) is 0 Å². The van der Waals surface area contributed by atoms with Gasteiger partial charge in [0, 0.05) is 23.7 Å². The zero-order valence-electron chi connectivity index (χ0n) is 19.7. The van der Waals surface area contributed by atoms with Gasteiger partial charge >= 0.3 is 5.97 Å². The van der Waals surface area contributed by atoms with E-state index in [1.54, 1.807) is 13.1 Å². The standard InChI is InChI=1S/C27H26N6O2/c1-3-35-26(34)16-28-15-22-8-7-21(13-18(22)2)24-10-11-25-27(30-24)33(32-31-25)17-19-6-9-23-20(14-19)5-4-12-29-23/h4-14,28H,3,15-17H2,1-2H3. The fourth-order valence-electron chi connectivity index (χ4n) is 4.08. The first-order valence-electron chi connectivity index (χ1n) is 11.6. The number of nitrogens with one attached hydrogen (secondary N) is 1. The number of esters is 1. The zero-order valence-corrected chi connectivity index (χ0v) is 19.7. The van der Waals surface area contributed by atoms with Gasteiger partial charge in [-0.25, -0.2) is 9.67 Å². The van der Waals surface area contributed by atoms with Crippen molar-refractivity contribution in [2.24, 2.45) is 0 Å². The summed E-state index contributed by atoms with van der Waals surface area (Å²) in [7, 11) is 0. The lowest BCUT2D eigenvalue weighted by Gasteiger charge is -2.10. The van der Waals surface area contributed by atoms with Crippen LogP contribution in [0.15, 0.2) is 66.9 Å². The second-order valence-corrected chi connectivity index (χ2v) is 8.37. The molecule has 3 aromatic heterocycles. The van der Waals surface area contributed by atoms with E-state index in [0.717, 1.165) is 50.0 Å². The molecule has 0 amide bonds. The van der Waals surface area contributed by atoms with Crippen molar-refractivity contribution in [1.29, 1.82) is 0 Å². The van der Waals surface area contributed by atoms with E-state index in [1.165, 1.54) is 0 Å². The van der Waals surface area contributed by atoms with Crippen LogP contribution in [0.25, 0.3) is 33.3 Å². The number of carbonyl (C=O) groups excluding carboxylic acids is 1. The van der Waals surface area contributed by atoms with E-state index in [4.69, 9.17) is 9.72 Å². The molecule has 0 atom stereocenters. The van der Waals surface area contributed by atoms with E-state index in [-0.39, 0.29) is 12.5 Å². The van der Waals surface area contributed by atoms with Crippen molar-refractivity contribution >= 4 is 28.0 Å². The highest BCUT2D eigenvalue weighted by atomic mass is 16.5. The lowest BCUT2D eigenvalue weighted by molar-refractivity contribution is -0.142. The first-order valence-corrected chi connectivity index (χ1v) is 11.6. The lowest BCUT2D eigenvalue weighted by Crippen LogP contribution is -2.24. The molecule has 35 heavy (non-hydrogen) atoms. The topological polar surface area (TPSA) is 94.8 Å². The van der Waals surface area contributed by atoms with Gasteiger partial charge in [-0.15, -0.1) is 5.10 Å². The molecule has 0 aliphatic heterocycles. The highest BCUT2D eigenvalue weighted by Crippen LogP contribution is 2.23. The summed E-state index contributed by atoms with van der Waals surface area (Å²) in [6.07, 6.45) is 1.80. The predicted molar refractivity (Wildman–Crippen MR) is 135 cm³/mol. The third-order valence-electron chi connectivity index (χ3n) is 5.89. The number of fused-ring (bicyclic) bond motifs is 2. The Morgan fingerprint density at radius 2 is 1.94 bits per heavy atom. The van der Waals surface area contributed by atoms with E-state index in [0.29, 0.717) is 19.7 Å². The van der Waals surface area contributed by atoms with E-state index in [2.05, 4.69) is 57.9 Å². The lowest BCUT2D eigenvalue weighted by atomic mass is 10.0. The monoisotopic (exact) mass is 466 g/mol. The second-order valence-electron chi connectivity index (χ2n) is 8.37. The first-order chi connectivity index (χ1) is 17.1. The highest BCUT2D eigenvalue weighted by Gasteiger charge is 2.11. The number of hydrogen-bond acceptors (Lipinski definition) is 7. The number of pyridine rings is 2. The number of carbonyl (C=O) groups is 1. The number of aryl methyl sites for hydroxylation is 1. The third kappa shape index (κ3) is 5.02. The molecule has 176 valence electrons. The largest absolute Gasteiger partial charge is 0.465 e. The minimum absolute atomic E-state index is 0.192. The molecular weight excluding hydrogens is 440 g/mol. The van der Waals surface area contributed by atoms with Gasteiger partial charge in [0.2, 0.25) is 0 Å². The fourth-order valence-corrected chi connectivity index (χ4v) is 4.08. The summed E-state index contributed by atoms with van der Waals surface area (Å²) in [5.74, 6) is -0.246. The number of ether oxygens (including phenoxy) is 1. The quantitative estimate of drug-likeness (QED) is 0.345. The van der Waals surface area contributed by atoms with Gasteiger partial charge in [-0.05, 0) is 66.9 Å². The number of aromatic nitrogens is 5. The van der Waals surface area contributed by atoms with E-state index in [9.17, 15) is 4.79 Å². The summed E-state index contributed by atoms with van der Waals surface area (Å²) in [5, 5.41) is 12.9. The molecular formula is C27H26N6O2. The van der Waals surface area contributed by atoms with Crippen molar-refractivity contribution in [3.8, 4) is 11.3 Å². The zero-order chi connectivity index (χ0) is 24.2. The Bertz CT molecular complexity index is 1510. The summed E-state index contributed by atoms with van der Waals surface area (Å²) >= 11 is 0. The SMILES string of the molecule is CCOC(=O)CNCc1ccc(-c2ccc3nnn(Cc4ccc5ncccc5c4)c3n2)cc1C. The van der Waals surface area contributed by atoms with Gasteiger partial charge in [-0.1, -0.05) is 29.5 Å². The number of nitrogens with zero attached hydrogens (tertiary/aromatic N) is 5. The van der Waals surface area contributed by atoms with Crippen molar-refractivity contribution in [2.75, 3.05) is 13.2 Å². The molecule has 8 nitrogen and oxygen atoms in total. The van der Waals surface area contributed by atoms with Crippen molar-refractivity contribution < 1.29 is 9.53 Å². The second kappa shape index (κ2) is 9.99. The van der Waals surface area contributed by atoms with Crippen LogP contribution in [0, 0.1) is 6.92 Å². The average Bonchev–Trinajstić information content (AvgIpc) is 3.27. The minimum Gasteiger partial charge on any atom is -0.465 e. The van der Waals surface area contributed by atoms with Gasteiger partial charge in [0.05, 0.1) is 30.9 Å². The smallest absolute Gasteiger partial charge is 0.319 e. The van der Waals surface area contributed by atoms with Crippen LogP contribution in [0.1, 0.15) is 23.6 Å². The van der Waals surface area contributed by atoms with Crippen LogP contribution in [0.3, 0.4) is 0 Å². The molecule has 0 spiro atoms. The van der Waals surface area contributed by atoms with Gasteiger partial charge in [0.15, 0.2) is 5.65 Å². The molecule has 0 fully saturated rings. The van der Waals surface area contributed by atoms with Crippen LogP contribution in [-0.2, 0) is 22.6 Å². The van der Waals surface area contributed by atoms with Gasteiger partial charge in [0.1, 0.15) is 5.52 Å². The molecule has 0 aliphatic carbocycles. The first kappa shape index (κ1) is 22.6. The Morgan fingerprint density at radius 3 is 2.80 bits per heavy atom. The van der Waals surface area contributed by atoms with Crippen molar-refractivity contribution in [3.63, 3.8) is 0 Å². The molecule has 8 heteroatoms. The van der Waals surface area contributed by atoms with Crippen LogP contribution < -0.4 is 5.32 Å². The number of hydrogen-bond donors (Lipinski definition) is 1. The Kier molecular flexibility index (Phi) is 6.45. The maximum Gasteiger partial charge on any atom is 0.319 e. The Morgan fingerprint density at radius 1 is 1.06 bits per heavy atom. The van der Waals surface area contributed by atoms with Crippen molar-refractivity contribution in [3.05, 3.63) is 83.6 Å². The molecule has 0 saturated heterocycles. The van der Waals surface area contributed by atoms with Crippen molar-refractivity contribution in [2.45, 2.75) is 26.9 Å². The van der Waals surface area contributed by atoms with Crippen LogP contribution in [0.5, 0.6) is 0 Å². The van der Waals surface area contributed by atoms with Crippen LogP contribution in [-0.4, -0.2) is 44.1 Å². The van der Waals surface area contributed by atoms with Crippen LogP contribution >= 0.6 is 0 Å². The maximum atomic E-state index is 11.5. The van der Waals surface area contributed by atoms with E-state index >= 15 is 0 Å². The van der Waals surface area contributed by atoms with Crippen LogP contribution in [0.4, 0.5) is 0 Å².